The minimum Gasteiger partial charge on any atom is -0.476 e. The molecule has 0 fully saturated rings. The van der Waals surface area contributed by atoms with Crippen molar-refractivity contribution in [1.29, 1.82) is 0 Å². The zero-order valence-corrected chi connectivity index (χ0v) is 18.9. The summed E-state index contributed by atoms with van der Waals surface area (Å²) in [6.45, 7) is 0.179. The van der Waals surface area contributed by atoms with E-state index in [-0.39, 0.29) is 6.54 Å². The van der Waals surface area contributed by atoms with Crippen molar-refractivity contribution in [3.63, 3.8) is 0 Å². The van der Waals surface area contributed by atoms with Crippen molar-refractivity contribution in [2.75, 3.05) is 5.32 Å². The van der Waals surface area contributed by atoms with Gasteiger partial charge >= 0.3 is 12.1 Å². The van der Waals surface area contributed by atoms with E-state index >= 15 is 0 Å². The van der Waals surface area contributed by atoms with E-state index < -0.39 is 30.0 Å². The van der Waals surface area contributed by atoms with Crippen LogP contribution in [-0.4, -0.2) is 23.2 Å². The van der Waals surface area contributed by atoms with Crippen molar-refractivity contribution >= 4 is 33.5 Å². The van der Waals surface area contributed by atoms with Gasteiger partial charge in [-0.2, -0.15) is 13.2 Å². The van der Waals surface area contributed by atoms with Crippen LogP contribution in [0.2, 0.25) is 0 Å². The first kappa shape index (κ1) is 26.8. The maximum Gasteiger partial charge on any atom is 0.490 e. The summed E-state index contributed by atoms with van der Waals surface area (Å²) in [7, 11) is 0. The van der Waals surface area contributed by atoms with Gasteiger partial charge < -0.3 is 20.9 Å². The van der Waals surface area contributed by atoms with E-state index in [9.17, 15) is 22.4 Å². The molecular weight excluding hydrogens is 524 g/mol. The molecule has 1 atom stereocenters. The second-order valence-electron chi connectivity index (χ2n) is 6.71. The molecule has 180 valence electrons. The molecule has 1 unspecified atom stereocenters. The van der Waals surface area contributed by atoms with E-state index in [1.807, 2.05) is 30.3 Å². The lowest BCUT2D eigenvalue weighted by Gasteiger charge is -2.19. The number of anilines is 1. The lowest BCUT2D eigenvalue weighted by atomic mass is 10.1. The number of nitrogens with two attached hydrogens (primary N) is 1. The van der Waals surface area contributed by atoms with Crippen molar-refractivity contribution in [1.82, 2.24) is 0 Å². The first-order valence-corrected chi connectivity index (χ1v) is 10.4. The third-order valence-corrected chi connectivity index (χ3v) is 4.64. The van der Waals surface area contributed by atoms with Gasteiger partial charge in [0.15, 0.2) is 0 Å². The Kier molecular flexibility index (Phi) is 9.58. The van der Waals surface area contributed by atoms with Crippen LogP contribution in [0.15, 0.2) is 77.3 Å². The Balaban J connectivity index is 0.000000509. The number of carbonyl (C=O) groups excluding carboxylic acids is 1. The Morgan fingerprint density at radius 2 is 1.62 bits per heavy atom. The summed E-state index contributed by atoms with van der Waals surface area (Å²) in [5, 5.41) is 9.84. The SMILES string of the molecule is NCc1cc(F)cc(NC(=O)C(Oc2ccc(Br)cc2)c2ccccc2)c1.O=C(O)C(F)(F)F. The van der Waals surface area contributed by atoms with E-state index in [0.29, 0.717) is 22.6 Å². The van der Waals surface area contributed by atoms with Crippen LogP contribution in [0.25, 0.3) is 0 Å². The number of alkyl halides is 3. The molecule has 6 nitrogen and oxygen atoms in total. The fourth-order valence-electron chi connectivity index (χ4n) is 2.60. The third kappa shape index (κ3) is 8.49. The highest BCUT2D eigenvalue weighted by Crippen LogP contribution is 2.25. The molecule has 0 aromatic heterocycles. The predicted molar refractivity (Wildman–Crippen MR) is 121 cm³/mol. The third-order valence-electron chi connectivity index (χ3n) is 4.11. The molecule has 1 amide bonds. The van der Waals surface area contributed by atoms with Gasteiger partial charge in [-0.25, -0.2) is 9.18 Å². The topological polar surface area (TPSA) is 102 Å². The van der Waals surface area contributed by atoms with E-state index in [1.165, 1.54) is 12.1 Å². The molecule has 3 rings (SSSR count). The van der Waals surface area contributed by atoms with Gasteiger partial charge in [-0.15, -0.1) is 0 Å². The summed E-state index contributed by atoms with van der Waals surface area (Å²) in [6.07, 6.45) is -5.98. The number of carboxylic acid groups (broad SMARTS) is 1. The van der Waals surface area contributed by atoms with Gasteiger partial charge in [0.2, 0.25) is 6.10 Å². The second-order valence-corrected chi connectivity index (χ2v) is 7.62. The zero-order valence-electron chi connectivity index (χ0n) is 17.4. The molecule has 3 aromatic rings. The summed E-state index contributed by atoms with van der Waals surface area (Å²) in [5.41, 5.74) is 7.19. The number of amides is 1. The highest BCUT2D eigenvalue weighted by Gasteiger charge is 2.38. The molecule has 0 radical (unpaired) electrons. The number of carboxylic acids is 1. The van der Waals surface area contributed by atoms with Crippen molar-refractivity contribution < 1.29 is 37.0 Å². The number of hydrogen-bond donors (Lipinski definition) is 3. The Labute approximate surface area is 200 Å². The van der Waals surface area contributed by atoms with Gasteiger partial charge in [0.1, 0.15) is 11.6 Å². The average Bonchev–Trinajstić information content (AvgIpc) is 2.78. The molecule has 34 heavy (non-hydrogen) atoms. The quantitative estimate of drug-likeness (QED) is 0.360. The maximum absolute atomic E-state index is 13.7. The fraction of sp³-hybridized carbons (Fsp3) is 0.130. The van der Waals surface area contributed by atoms with Crippen molar-refractivity contribution in [2.24, 2.45) is 5.73 Å². The smallest absolute Gasteiger partial charge is 0.476 e. The predicted octanol–water partition coefficient (Wildman–Crippen LogP) is 5.44. The molecule has 0 aliphatic carbocycles. The van der Waals surface area contributed by atoms with Crippen molar-refractivity contribution in [3.05, 3.63) is 94.2 Å². The number of benzene rings is 3. The van der Waals surface area contributed by atoms with Crippen LogP contribution < -0.4 is 15.8 Å². The molecule has 3 aromatic carbocycles. The van der Waals surface area contributed by atoms with Gasteiger partial charge in [-0.05, 0) is 48.0 Å². The van der Waals surface area contributed by atoms with Crippen molar-refractivity contribution in [2.45, 2.75) is 18.8 Å². The zero-order chi connectivity index (χ0) is 25.3. The molecule has 0 saturated heterocycles. The minimum atomic E-state index is -5.08. The van der Waals surface area contributed by atoms with E-state index in [1.54, 1.807) is 30.3 Å². The van der Waals surface area contributed by atoms with Crippen LogP contribution in [-0.2, 0) is 16.1 Å². The summed E-state index contributed by atoms with van der Waals surface area (Å²) >= 11 is 3.37. The molecule has 0 saturated carbocycles. The molecular formula is C23H19BrF4N2O4. The van der Waals surface area contributed by atoms with Crippen LogP contribution in [0.4, 0.5) is 23.2 Å². The van der Waals surface area contributed by atoms with Crippen LogP contribution >= 0.6 is 15.9 Å². The lowest BCUT2D eigenvalue weighted by molar-refractivity contribution is -0.192. The van der Waals surface area contributed by atoms with E-state index in [0.717, 1.165) is 4.47 Å². The molecule has 0 bridgehead atoms. The first-order valence-electron chi connectivity index (χ1n) is 9.57. The Morgan fingerprint density at radius 3 is 2.15 bits per heavy atom. The van der Waals surface area contributed by atoms with Gasteiger partial charge in [0, 0.05) is 22.3 Å². The van der Waals surface area contributed by atoms with Crippen molar-refractivity contribution in [3.8, 4) is 5.75 Å². The lowest BCUT2D eigenvalue weighted by Crippen LogP contribution is -2.25. The van der Waals surface area contributed by atoms with E-state index in [2.05, 4.69) is 21.2 Å². The summed E-state index contributed by atoms with van der Waals surface area (Å²) in [4.78, 5) is 21.8. The molecule has 11 heteroatoms. The Hall–Kier alpha value is -3.44. The summed E-state index contributed by atoms with van der Waals surface area (Å²) in [5.74, 6) is -3.08. The van der Waals surface area contributed by atoms with Gasteiger partial charge in [-0.3, -0.25) is 4.79 Å². The fourth-order valence-corrected chi connectivity index (χ4v) is 2.86. The van der Waals surface area contributed by atoms with Gasteiger partial charge in [0.05, 0.1) is 0 Å². The number of rotatable bonds is 6. The largest absolute Gasteiger partial charge is 0.490 e. The van der Waals surface area contributed by atoms with Crippen LogP contribution in [0.1, 0.15) is 17.2 Å². The summed E-state index contributed by atoms with van der Waals surface area (Å²) < 4.78 is 52.3. The Bertz CT molecular complexity index is 1110. The standard InChI is InChI=1S/C21H18BrFN2O2.C2HF3O2/c22-16-6-8-19(9-7-16)27-20(15-4-2-1-3-5-15)21(26)25-18-11-14(13-24)10-17(23)12-18;3-2(4,5)1(6)7/h1-12,20H,13,24H2,(H,25,26);(H,6,7). The molecule has 0 aliphatic heterocycles. The molecule has 0 spiro atoms. The number of hydrogen-bond acceptors (Lipinski definition) is 4. The number of nitrogens with one attached hydrogen (secondary N) is 1. The maximum atomic E-state index is 13.7. The van der Waals surface area contributed by atoms with Gasteiger partial charge in [0.25, 0.3) is 5.91 Å². The highest BCUT2D eigenvalue weighted by molar-refractivity contribution is 9.10. The average molecular weight is 543 g/mol. The molecule has 0 heterocycles. The molecule has 4 N–H and O–H groups in total. The number of ether oxygens (including phenoxy) is 1. The first-order chi connectivity index (χ1) is 16.0. The second kappa shape index (κ2) is 12.1. The monoisotopic (exact) mass is 542 g/mol. The number of halogens is 5. The van der Waals surface area contributed by atoms with Crippen LogP contribution in [0, 0.1) is 5.82 Å². The van der Waals surface area contributed by atoms with Crippen LogP contribution in [0.5, 0.6) is 5.75 Å². The molecule has 0 aliphatic rings. The van der Waals surface area contributed by atoms with Gasteiger partial charge in [-0.1, -0.05) is 46.3 Å². The highest BCUT2D eigenvalue weighted by atomic mass is 79.9. The Morgan fingerprint density at radius 1 is 1.03 bits per heavy atom. The summed E-state index contributed by atoms with van der Waals surface area (Å²) in [6, 6.07) is 20.5. The minimum absolute atomic E-state index is 0.179. The normalized spacial score (nSPS) is 11.6. The number of carbonyl (C=O) groups is 2. The number of aliphatic carboxylic acids is 1. The van der Waals surface area contributed by atoms with Crippen LogP contribution in [0.3, 0.4) is 0 Å². The van der Waals surface area contributed by atoms with E-state index in [4.69, 9.17) is 20.4 Å².